The van der Waals surface area contributed by atoms with Crippen molar-refractivity contribution in [1.29, 1.82) is 5.26 Å². The Balaban J connectivity index is 0.669. The Labute approximate surface area is 394 Å². The number of likely N-dealkylation sites (tertiary alicyclic amines) is 1. The van der Waals surface area contributed by atoms with Crippen LogP contribution in [0.5, 0.6) is 5.75 Å². The van der Waals surface area contributed by atoms with E-state index < -0.39 is 23.8 Å². The van der Waals surface area contributed by atoms with Gasteiger partial charge in [0.25, 0.3) is 17.7 Å². The summed E-state index contributed by atoms with van der Waals surface area (Å²) in [6, 6.07) is 19.0. The molecular weight excluding hydrogens is 841 g/mol. The van der Waals surface area contributed by atoms with Gasteiger partial charge in [-0.15, -0.1) is 0 Å². The average molecular weight is 905 g/mol. The summed E-state index contributed by atoms with van der Waals surface area (Å²) in [6.45, 7) is 5.43. The number of ether oxygens (including phenoxy) is 1. The Morgan fingerprint density at radius 3 is 2.34 bits per heavy atom. The summed E-state index contributed by atoms with van der Waals surface area (Å²) in [5, 5.41) is 15.3. The maximum atomic E-state index is 13.3. The first-order chi connectivity index (χ1) is 32.7. The molecule has 6 aliphatic rings. The molecule has 350 valence electrons. The Morgan fingerprint density at radius 1 is 0.776 bits per heavy atom. The molecule has 3 aromatic rings. The maximum Gasteiger partial charge on any atom is 0.262 e. The summed E-state index contributed by atoms with van der Waals surface area (Å²) < 4.78 is 6.57. The van der Waals surface area contributed by atoms with Crippen LogP contribution in [0.25, 0.3) is 6.08 Å². The van der Waals surface area contributed by atoms with Crippen LogP contribution in [0, 0.1) is 23.2 Å². The van der Waals surface area contributed by atoms with Crippen molar-refractivity contribution in [2.75, 3.05) is 37.6 Å². The zero-order chi connectivity index (χ0) is 46.3. The lowest BCUT2D eigenvalue weighted by Crippen LogP contribution is -2.54. The molecule has 12 heteroatoms. The summed E-state index contributed by atoms with van der Waals surface area (Å²) >= 11 is 0. The number of amides is 5. The van der Waals surface area contributed by atoms with Gasteiger partial charge in [0.05, 0.1) is 28.9 Å². The van der Waals surface area contributed by atoms with E-state index in [0.29, 0.717) is 28.5 Å². The summed E-state index contributed by atoms with van der Waals surface area (Å²) in [6.07, 6.45) is 24.0. The highest BCUT2D eigenvalue weighted by atomic mass is 16.5. The van der Waals surface area contributed by atoms with Gasteiger partial charge in [0.15, 0.2) is 0 Å². The highest BCUT2D eigenvalue weighted by molar-refractivity contribution is 6.23. The zero-order valence-corrected chi connectivity index (χ0v) is 38.7. The van der Waals surface area contributed by atoms with Crippen molar-refractivity contribution < 1.29 is 28.7 Å². The van der Waals surface area contributed by atoms with Crippen LogP contribution in [0.1, 0.15) is 150 Å². The van der Waals surface area contributed by atoms with Crippen molar-refractivity contribution in [2.45, 2.75) is 127 Å². The molecule has 2 aliphatic carbocycles. The predicted octanol–water partition coefficient (Wildman–Crippen LogP) is 8.33. The van der Waals surface area contributed by atoms with Crippen molar-refractivity contribution in [1.82, 2.24) is 20.4 Å². The monoisotopic (exact) mass is 904 g/mol. The van der Waals surface area contributed by atoms with E-state index in [9.17, 15) is 29.2 Å². The first-order valence-corrected chi connectivity index (χ1v) is 25.0. The van der Waals surface area contributed by atoms with Crippen molar-refractivity contribution >= 4 is 41.3 Å². The van der Waals surface area contributed by atoms with Crippen LogP contribution < -0.4 is 20.3 Å². The number of piperidine rings is 2. The molecular formula is C55H64N6O6. The fraction of sp³-hybridized carbons (Fsp3) is 0.491. The van der Waals surface area contributed by atoms with Gasteiger partial charge in [-0.1, -0.05) is 30.4 Å². The number of nitrogens with one attached hydrogen (secondary N) is 2. The number of hydrogen-bond donors (Lipinski definition) is 2. The summed E-state index contributed by atoms with van der Waals surface area (Å²) in [5.41, 5.74) is 6.41. The highest BCUT2D eigenvalue weighted by Gasteiger charge is 2.44. The Bertz CT molecular complexity index is 2440. The minimum Gasteiger partial charge on any atom is -0.490 e. The van der Waals surface area contributed by atoms with E-state index in [0.717, 1.165) is 130 Å². The Morgan fingerprint density at radius 2 is 1.55 bits per heavy atom. The SMILES string of the molecule is N#Cc1ccc(OC2CCC(NC(=O)c3ccc(N4CCC(CCN5CCCC(CCc6ccc7c(c6)C(=O)N(C6CCC(=O)NC6=O)C7=O)CC5)CC4)cc3)CC2)c2c1CCC/C=C\C=C2. The minimum atomic E-state index is -0.947. The van der Waals surface area contributed by atoms with Gasteiger partial charge >= 0.3 is 0 Å². The fourth-order valence-corrected chi connectivity index (χ4v) is 11.2. The number of carbonyl (C=O) groups is 5. The van der Waals surface area contributed by atoms with Crippen LogP contribution in [-0.4, -0.2) is 90.2 Å². The van der Waals surface area contributed by atoms with Gasteiger partial charge in [-0.3, -0.25) is 34.2 Å². The first kappa shape index (κ1) is 46.1. The lowest BCUT2D eigenvalue weighted by atomic mass is 9.92. The maximum absolute atomic E-state index is 13.3. The van der Waals surface area contributed by atoms with E-state index in [2.05, 4.69) is 56.9 Å². The topological polar surface area (TPSA) is 152 Å². The second kappa shape index (κ2) is 21.3. The molecule has 9 rings (SSSR count). The molecule has 0 aromatic heterocycles. The third-order valence-electron chi connectivity index (χ3n) is 15.3. The van der Waals surface area contributed by atoms with E-state index in [4.69, 9.17) is 4.74 Å². The van der Waals surface area contributed by atoms with Crippen LogP contribution in [0.4, 0.5) is 5.69 Å². The highest BCUT2D eigenvalue weighted by Crippen LogP contribution is 2.34. The number of aryl methyl sites for hydroxylation is 1. The first-order valence-electron chi connectivity index (χ1n) is 25.0. The van der Waals surface area contributed by atoms with Crippen molar-refractivity contribution in [3.63, 3.8) is 0 Å². The van der Waals surface area contributed by atoms with Crippen LogP contribution in [0.3, 0.4) is 0 Å². The molecule has 4 heterocycles. The zero-order valence-electron chi connectivity index (χ0n) is 38.7. The number of carbonyl (C=O) groups excluding carboxylic acids is 5. The fourth-order valence-electron chi connectivity index (χ4n) is 11.2. The molecule has 2 unspecified atom stereocenters. The largest absolute Gasteiger partial charge is 0.490 e. The molecule has 1 saturated carbocycles. The summed E-state index contributed by atoms with van der Waals surface area (Å²) in [5.74, 6) is 0.274. The van der Waals surface area contributed by atoms with Gasteiger partial charge in [0, 0.05) is 42.4 Å². The molecule has 4 aliphatic heterocycles. The summed E-state index contributed by atoms with van der Waals surface area (Å²) in [7, 11) is 0. The second-order valence-electron chi connectivity index (χ2n) is 19.6. The van der Waals surface area contributed by atoms with Gasteiger partial charge in [-0.2, -0.15) is 5.26 Å². The molecule has 67 heavy (non-hydrogen) atoms. The molecule has 2 N–H and O–H groups in total. The van der Waals surface area contributed by atoms with Crippen LogP contribution in [0.2, 0.25) is 0 Å². The van der Waals surface area contributed by atoms with Gasteiger partial charge < -0.3 is 19.9 Å². The van der Waals surface area contributed by atoms with Crippen molar-refractivity contribution in [3.05, 3.63) is 112 Å². The van der Waals surface area contributed by atoms with E-state index in [1.165, 1.54) is 37.8 Å². The van der Waals surface area contributed by atoms with Crippen LogP contribution in [-0.2, 0) is 22.4 Å². The van der Waals surface area contributed by atoms with Gasteiger partial charge in [0.2, 0.25) is 11.8 Å². The standard InChI is InChI=1S/C55H64N6O6/c56-36-41-15-24-50(46-9-5-3-1-2-4-8-45(41)46)67-44-20-16-42(17-21-44)57-52(63)40-13-18-43(19-14-40)60-33-28-38(29-34-60)27-32-59-30-6-7-37(26-31-59)10-11-39-12-22-47-48(35-39)55(66)61(54(47)65)49-23-25-51(62)58-53(49)64/h1,3,5,9,12-15,18-19,22,24,35,37-38,42,44,49H,2,4,6-8,10-11,16-17,20-21,23,25-34H2,(H,57,63)(H,58,62,64)/b3-1-,9-5?. The van der Waals surface area contributed by atoms with E-state index in [-0.39, 0.29) is 36.8 Å². The van der Waals surface area contributed by atoms with Gasteiger partial charge in [-0.25, -0.2) is 0 Å². The molecule has 4 fully saturated rings. The average Bonchev–Trinajstić information content (AvgIpc) is 3.47. The second-order valence-corrected chi connectivity index (χ2v) is 19.6. The van der Waals surface area contributed by atoms with E-state index in [1.54, 1.807) is 6.07 Å². The molecule has 12 nitrogen and oxygen atoms in total. The molecule has 3 saturated heterocycles. The number of fused-ring (bicyclic) bond motifs is 2. The number of imide groups is 2. The van der Waals surface area contributed by atoms with Gasteiger partial charge in [0.1, 0.15) is 11.8 Å². The molecule has 0 spiro atoms. The minimum absolute atomic E-state index is 0.0192. The van der Waals surface area contributed by atoms with E-state index >= 15 is 0 Å². The number of allylic oxidation sites excluding steroid dienone is 3. The van der Waals surface area contributed by atoms with Crippen LogP contribution >= 0.6 is 0 Å². The lowest BCUT2D eigenvalue weighted by molar-refractivity contribution is -0.136. The molecule has 5 amide bonds. The Kier molecular flexibility index (Phi) is 14.6. The third kappa shape index (κ3) is 10.9. The molecule has 0 radical (unpaired) electrons. The van der Waals surface area contributed by atoms with Crippen LogP contribution in [0.15, 0.2) is 72.8 Å². The predicted molar refractivity (Wildman–Crippen MR) is 258 cm³/mol. The van der Waals surface area contributed by atoms with Crippen molar-refractivity contribution in [3.8, 4) is 11.8 Å². The third-order valence-corrected chi connectivity index (χ3v) is 15.3. The number of benzene rings is 3. The molecule has 2 atom stereocenters. The molecule has 3 aromatic carbocycles. The number of hydrogen-bond acceptors (Lipinski definition) is 9. The lowest BCUT2D eigenvalue weighted by Gasteiger charge is -2.34. The number of rotatable bonds is 12. The Hall–Kier alpha value is -6.06. The van der Waals surface area contributed by atoms with E-state index in [1.807, 2.05) is 42.5 Å². The smallest absolute Gasteiger partial charge is 0.262 e. The summed E-state index contributed by atoms with van der Waals surface area (Å²) in [4.78, 5) is 70.0. The number of nitriles is 1. The quantitative estimate of drug-likeness (QED) is 0.171. The number of anilines is 1. The number of nitrogens with zero attached hydrogens (tertiary/aromatic N) is 4. The molecule has 0 bridgehead atoms. The van der Waals surface area contributed by atoms with Gasteiger partial charge in [-0.05, 0) is 194 Å². The normalized spacial score (nSPS) is 24.3. The van der Waals surface area contributed by atoms with Crippen molar-refractivity contribution in [2.24, 2.45) is 11.8 Å².